The molecule has 0 aliphatic carbocycles. The Morgan fingerprint density at radius 1 is 1.00 bits per heavy atom. The van der Waals surface area contributed by atoms with E-state index in [9.17, 15) is 4.79 Å². The monoisotopic (exact) mass is 257 g/mol. The number of carboxylic acids is 1. The predicted octanol–water partition coefficient (Wildman–Crippen LogP) is 3.83. The second-order valence-corrected chi connectivity index (χ2v) is 5.27. The lowest BCUT2D eigenvalue weighted by Gasteiger charge is -2.19. The quantitative estimate of drug-likeness (QED) is 0.558. The van der Waals surface area contributed by atoms with Crippen molar-refractivity contribution in [2.75, 3.05) is 6.54 Å². The van der Waals surface area contributed by atoms with Crippen LogP contribution in [-0.2, 0) is 4.79 Å². The molecule has 3 nitrogen and oxygen atoms in total. The lowest BCUT2D eigenvalue weighted by Crippen LogP contribution is -2.32. The molecule has 0 aromatic rings. The van der Waals surface area contributed by atoms with Crippen molar-refractivity contribution in [1.29, 1.82) is 0 Å². The Bertz CT molecular complexity index is 201. The Morgan fingerprint density at radius 3 is 2.00 bits per heavy atom. The Hall–Kier alpha value is -0.570. The molecule has 0 amide bonds. The van der Waals surface area contributed by atoms with Gasteiger partial charge in [0, 0.05) is 6.04 Å². The fourth-order valence-corrected chi connectivity index (χ4v) is 2.58. The third kappa shape index (κ3) is 9.46. The first-order chi connectivity index (χ1) is 8.63. The van der Waals surface area contributed by atoms with Gasteiger partial charge in [-0.15, -0.1) is 0 Å². The molecule has 0 aliphatic heterocycles. The maximum absolute atomic E-state index is 10.7. The van der Waals surface area contributed by atoms with Crippen LogP contribution in [0.2, 0.25) is 0 Å². The molecule has 3 heteroatoms. The van der Waals surface area contributed by atoms with Crippen LogP contribution < -0.4 is 5.32 Å². The summed E-state index contributed by atoms with van der Waals surface area (Å²) in [7, 11) is 0. The topological polar surface area (TPSA) is 49.3 Å². The molecule has 0 saturated carbocycles. The summed E-state index contributed by atoms with van der Waals surface area (Å²) in [5, 5.41) is 12.3. The van der Waals surface area contributed by atoms with Gasteiger partial charge in [0.1, 0.15) is 0 Å². The van der Waals surface area contributed by atoms with Gasteiger partial charge in [-0.1, -0.05) is 52.9 Å². The maximum atomic E-state index is 10.7. The molecular weight excluding hydrogens is 226 g/mol. The molecule has 0 heterocycles. The van der Waals surface area contributed by atoms with Gasteiger partial charge in [-0.25, -0.2) is 0 Å². The van der Waals surface area contributed by atoms with Crippen LogP contribution in [0.4, 0.5) is 0 Å². The van der Waals surface area contributed by atoms with Gasteiger partial charge in [0.15, 0.2) is 0 Å². The first kappa shape index (κ1) is 17.4. The smallest absolute Gasteiger partial charge is 0.304 e. The van der Waals surface area contributed by atoms with Crippen LogP contribution in [0.5, 0.6) is 0 Å². The molecular formula is C15H31NO2. The summed E-state index contributed by atoms with van der Waals surface area (Å²) in [4.78, 5) is 10.7. The second kappa shape index (κ2) is 11.5. The van der Waals surface area contributed by atoms with E-state index in [1.165, 1.54) is 32.1 Å². The van der Waals surface area contributed by atoms with Gasteiger partial charge in [-0.05, 0) is 25.3 Å². The number of rotatable bonds is 12. The number of aliphatic carboxylic acids is 1. The van der Waals surface area contributed by atoms with Crippen LogP contribution >= 0.6 is 0 Å². The molecule has 0 fully saturated rings. The van der Waals surface area contributed by atoms with E-state index >= 15 is 0 Å². The number of nitrogens with one attached hydrogen (secondary N) is 1. The zero-order chi connectivity index (χ0) is 13.8. The Labute approximate surface area is 112 Å². The summed E-state index contributed by atoms with van der Waals surface area (Å²) in [6.07, 6.45) is 8.52. The van der Waals surface area contributed by atoms with Gasteiger partial charge >= 0.3 is 5.97 Å². The van der Waals surface area contributed by atoms with E-state index in [-0.39, 0.29) is 12.5 Å². The molecule has 0 aromatic heterocycles. The van der Waals surface area contributed by atoms with Crippen LogP contribution in [0.15, 0.2) is 0 Å². The summed E-state index contributed by atoms with van der Waals surface area (Å²) in [5.74, 6) is 0.110. The van der Waals surface area contributed by atoms with Crippen LogP contribution in [0.3, 0.4) is 0 Å². The zero-order valence-electron chi connectivity index (χ0n) is 12.4. The summed E-state index contributed by atoms with van der Waals surface area (Å²) in [6.45, 7) is 7.54. The van der Waals surface area contributed by atoms with Gasteiger partial charge in [0.25, 0.3) is 0 Å². The van der Waals surface area contributed by atoms with E-state index < -0.39 is 5.97 Å². The lowest BCUT2D eigenvalue weighted by atomic mass is 9.94. The third-order valence-electron chi connectivity index (χ3n) is 3.44. The third-order valence-corrected chi connectivity index (χ3v) is 3.44. The standard InChI is InChI=1S/C15H31NO2/c1-4-7-13(8-5-2)10-11-16-14(9-6-3)12-15(17)18/h13-14,16H,4-12H2,1-3H3,(H,17,18). The van der Waals surface area contributed by atoms with E-state index in [1.54, 1.807) is 0 Å². The van der Waals surface area contributed by atoms with E-state index in [4.69, 9.17) is 5.11 Å². The number of carboxylic acid groups (broad SMARTS) is 1. The fraction of sp³-hybridized carbons (Fsp3) is 0.933. The Balaban J connectivity index is 3.89. The van der Waals surface area contributed by atoms with E-state index in [0.29, 0.717) is 0 Å². The maximum Gasteiger partial charge on any atom is 0.304 e. The number of carbonyl (C=O) groups is 1. The van der Waals surface area contributed by atoms with Crippen molar-refractivity contribution in [1.82, 2.24) is 5.32 Å². The number of hydrogen-bond acceptors (Lipinski definition) is 2. The van der Waals surface area contributed by atoms with Crippen molar-refractivity contribution in [3.05, 3.63) is 0 Å². The Kier molecular flexibility index (Phi) is 11.2. The van der Waals surface area contributed by atoms with Crippen LogP contribution in [0.1, 0.15) is 72.1 Å². The molecule has 18 heavy (non-hydrogen) atoms. The molecule has 0 bridgehead atoms. The average molecular weight is 257 g/mol. The minimum Gasteiger partial charge on any atom is -0.481 e. The van der Waals surface area contributed by atoms with Gasteiger partial charge in [0.05, 0.1) is 6.42 Å². The van der Waals surface area contributed by atoms with Crippen molar-refractivity contribution in [2.45, 2.75) is 78.2 Å². The van der Waals surface area contributed by atoms with Gasteiger partial charge in [-0.3, -0.25) is 4.79 Å². The second-order valence-electron chi connectivity index (χ2n) is 5.27. The molecule has 0 aromatic carbocycles. The van der Waals surface area contributed by atoms with Crippen molar-refractivity contribution in [2.24, 2.45) is 5.92 Å². The molecule has 1 atom stereocenters. The lowest BCUT2D eigenvalue weighted by molar-refractivity contribution is -0.137. The number of hydrogen-bond donors (Lipinski definition) is 2. The average Bonchev–Trinajstić information content (AvgIpc) is 2.29. The van der Waals surface area contributed by atoms with Crippen molar-refractivity contribution in [3.8, 4) is 0 Å². The molecule has 0 spiro atoms. The minimum atomic E-state index is -0.695. The molecule has 0 rings (SSSR count). The highest BCUT2D eigenvalue weighted by molar-refractivity contribution is 5.67. The van der Waals surface area contributed by atoms with E-state index in [2.05, 4.69) is 26.1 Å². The largest absolute Gasteiger partial charge is 0.481 e. The molecule has 0 aliphatic rings. The van der Waals surface area contributed by atoms with E-state index in [0.717, 1.165) is 25.3 Å². The normalized spacial score (nSPS) is 12.9. The fourth-order valence-electron chi connectivity index (χ4n) is 2.58. The minimum absolute atomic E-state index is 0.149. The Morgan fingerprint density at radius 2 is 1.56 bits per heavy atom. The highest BCUT2D eigenvalue weighted by atomic mass is 16.4. The van der Waals surface area contributed by atoms with Crippen LogP contribution in [0.25, 0.3) is 0 Å². The van der Waals surface area contributed by atoms with Crippen molar-refractivity contribution >= 4 is 5.97 Å². The van der Waals surface area contributed by atoms with E-state index in [1.807, 2.05) is 0 Å². The summed E-state index contributed by atoms with van der Waals surface area (Å²) >= 11 is 0. The van der Waals surface area contributed by atoms with Crippen molar-refractivity contribution < 1.29 is 9.90 Å². The summed E-state index contributed by atoms with van der Waals surface area (Å²) in [5.41, 5.74) is 0. The highest BCUT2D eigenvalue weighted by Crippen LogP contribution is 2.17. The first-order valence-corrected chi connectivity index (χ1v) is 7.59. The molecule has 2 N–H and O–H groups in total. The summed E-state index contributed by atoms with van der Waals surface area (Å²) < 4.78 is 0. The van der Waals surface area contributed by atoms with Gasteiger partial charge in [-0.2, -0.15) is 0 Å². The molecule has 108 valence electrons. The highest BCUT2D eigenvalue weighted by Gasteiger charge is 2.12. The summed E-state index contributed by atoms with van der Waals surface area (Å²) in [6, 6.07) is 0.149. The van der Waals surface area contributed by atoms with Crippen LogP contribution in [-0.4, -0.2) is 23.7 Å². The molecule has 1 unspecified atom stereocenters. The van der Waals surface area contributed by atoms with Gasteiger partial charge in [0.2, 0.25) is 0 Å². The predicted molar refractivity (Wildman–Crippen MR) is 76.9 cm³/mol. The first-order valence-electron chi connectivity index (χ1n) is 7.59. The zero-order valence-corrected chi connectivity index (χ0v) is 12.4. The SMILES string of the molecule is CCCC(CCC)CCNC(CCC)CC(=O)O. The van der Waals surface area contributed by atoms with Crippen molar-refractivity contribution in [3.63, 3.8) is 0 Å². The molecule has 0 radical (unpaired) electrons. The van der Waals surface area contributed by atoms with Gasteiger partial charge < -0.3 is 10.4 Å². The van der Waals surface area contributed by atoms with Crippen LogP contribution in [0, 0.1) is 5.92 Å². The molecule has 0 saturated heterocycles.